The van der Waals surface area contributed by atoms with Crippen molar-refractivity contribution in [3.05, 3.63) is 230 Å². The van der Waals surface area contributed by atoms with Crippen LogP contribution in [0.3, 0.4) is 0 Å². The van der Waals surface area contributed by atoms with Crippen LogP contribution in [0.1, 0.15) is 5.56 Å². The molecule has 0 aliphatic heterocycles. The highest BCUT2D eigenvalue weighted by Gasteiger charge is 2.35. The van der Waals surface area contributed by atoms with Gasteiger partial charge >= 0.3 is 6.18 Å². The number of anilines is 3. The van der Waals surface area contributed by atoms with E-state index in [1.165, 1.54) is 11.6 Å². The van der Waals surface area contributed by atoms with Crippen molar-refractivity contribution < 1.29 is 13.2 Å². The number of rotatable bonds is 7. The highest BCUT2D eigenvalue weighted by molar-refractivity contribution is 6.21. The van der Waals surface area contributed by atoms with E-state index in [0.717, 1.165) is 82.9 Å². The molecule has 0 atom stereocenters. The zero-order valence-electron chi connectivity index (χ0n) is 33.4. The predicted octanol–water partition coefficient (Wildman–Crippen LogP) is 16.6. The van der Waals surface area contributed by atoms with Crippen LogP contribution in [0, 0.1) is 0 Å². The number of aromatic nitrogens is 1. The monoisotopic (exact) mass is 806 g/mol. The molecule has 0 saturated carbocycles. The van der Waals surface area contributed by atoms with Crippen molar-refractivity contribution >= 4 is 60.4 Å². The van der Waals surface area contributed by atoms with Gasteiger partial charge in [0.05, 0.1) is 22.3 Å². The average Bonchev–Trinajstić information content (AvgIpc) is 3.65. The lowest BCUT2D eigenvalue weighted by molar-refractivity contribution is -0.137. The molecule has 0 radical (unpaired) electrons. The molecule has 0 aliphatic rings. The van der Waals surface area contributed by atoms with Crippen LogP contribution in [0.15, 0.2) is 224 Å². The minimum atomic E-state index is -4.57. The second-order valence-corrected chi connectivity index (χ2v) is 15.6. The van der Waals surface area contributed by atoms with E-state index < -0.39 is 11.7 Å². The van der Waals surface area contributed by atoms with Gasteiger partial charge in [-0.2, -0.15) is 13.2 Å². The number of benzene rings is 10. The van der Waals surface area contributed by atoms with Gasteiger partial charge in [-0.25, -0.2) is 0 Å². The maximum atomic E-state index is 14.8. The normalized spacial score (nSPS) is 11.8. The lowest BCUT2D eigenvalue weighted by atomic mass is 9.86. The van der Waals surface area contributed by atoms with E-state index in [4.69, 9.17) is 0 Å². The summed E-state index contributed by atoms with van der Waals surface area (Å²) in [5.74, 6) is 0. The average molecular weight is 807 g/mol. The summed E-state index contributed by atoms with van der Waals surface area (Å²) in [6, 6.07) is 74.1. The van der Waals surface area contributed by atoms with Crippen LogP contribution in [0.5, 0.6) is 0 Å². The van der Waals surface area contributed by atoms with E-state index in [2.05, 4.69) is 132 Å². The summed E-state index contributed by atoms with van der Waals surface area (Å²) in [7, 11) is 0. The van der Waals surface area contributed by atoms with Gasteiger partial charge < -0.3 is 9.47 Å². The third-order valence-corrected chi connectivity index (χ3v) is 12.0. The molecule has 0 spiro atoms. The standard InChI is InChI=1S/C57H37F3N2/c58-57(59,60)51-24-12-14-26-54(51)61(43-32-27-38(28-33-43)41-31-36-53-50(37-41)45-19-11-13-25-52(45)62(53)42-17-5-2-6-18-42)44-34-29-40(30-35-44)56-48-22-9-7-20-46(48)55(39-15-3-1-4-16-39)47-21-8-10-23-49(47)56/h1-37H. The Labute approximate surface area is 357 Å². The van der Waals surface area contributed by atoms with Crippen molar-refractivity contribution in [1.29, 1.82) is 0 Å². The van der Waals surface area contributed by atoms with Crippen molar-refractivity contribution in [2.24, 2.45) is 0 Å². The summed E-state index contributed by atoms with van der Waals surface area (Å²) in [5.41, 5.74) is 10.2. The first-order chi connectivity index (χ1) is 30.4. The first kappa shape index (κ1) is 37.1. The molecular formula is C57H37F3N2. The smallest absolute Gasteiger partial charge is 0.310 e. The SMILES string of the molecule is FC(F)(F)c1ccccc1N(c1ccc(-c2ccc3c(c2)c2ccccc2n3-c2ccccc2)cc1)c1ccc(-c2c3ccccc3c(-c3ccccc3)c3ccccc23)cc1. The van der Waals surface area contributed by atoms with E-state index >= 15 is 0 Å². The topological polar surface area (TPSA) is 8.17 Å². The Balaban J connectivity index is 1.03. The van der Waals surface area contributed by atoms with Crippen molar-refractivity contribution in [1.82, 2.24) is 4.57 Å². The fourth-order valence-electron chi connectivity index (χ4n) is 9.28. The first-order valence-corrected chi connectivity index (χ1v) is 20.7. The van der Waals surface area contributed by atoms with Gasteiger partial charge in [0.25, 0.3) is 0 Å². The molecule has 0 fully saturated rings. The first-order valence-electron chi connectivity index (χ1n) is 20.7. The van der Waals surface area contributed by atoms with E-state index in [1.807, 2.05) is 72.8 Å². The van der Waals surface area contributed by atoms with Gasteiger partial charge in [0.2, 0.25) is 0 Å². The van der Waals surface area contributed by atoms with Gasteiger partial charge in [0.1, 0.15) is 0 Å². The van der Waals surface area contributed by atoms with Crippen molar-refractivity contribution in [3.63, 3.8) is 0 Å². The third kappa shape index (κ3) is 6.29. The summed E-state index contributed by atoms with van der Waals surface area (Å²) in [6.45, 7) is 0. The lowest BCUT2D eigenvalue weighted by Gasteiger charge is -2.28. The summed E-state index contributed by atoms with van der Waals surface area (Å²) < 4.78 is 46.6. The molecular weight excluding hydrogens is 770 g/mol. The molecule has 0 unspecified atom stereocenters. The van der Waals surface area contributed by atoms with Crippen LogP contribution >= 0.6 is 0 Å². The predicted molar refractivity (Wildman–Crippen MR) is 252 cm³/mol. The van der Waals surface area contributed by atoms with Gasteiger partial charge in [0, 0.05) is 27.8 Å². The van der Waals surface area contributed by atoms with Crippen LogP contribution in [-0.2, 0) is 6.18 Å². The highest BCUT2D eigenvalue weighted by Crippen LogP contribution is 2.47. The van der Waals surface area contributed by atoms with E-state index in [0.29, 0.717) is 11.4 Å². The molecule has 296 valence electrons. The Morgan fingerprint density at radius 3 is 1.35 bits per heavy atom. The Bertz CT molecular complexity index is 3370. The summed E-state index contributed by atoms with van der Waals surface area (Å²) in [5, 5.41) is 6.77. The minimum absolute atomic E-state index is 0.0544. The number of nitrogens with zero attached hydrogens (tertiary/aromatic N) is 2. The van der Waals surface area contributed by atoms with E-state index in [9.17, 15) is 13.2 Å². The summed E-state index contributed by atoms with van der Waals surface area (Å²) in [4.78, 5) is 1.71. The van der Waals surface area contributed by atoms with Gasteiger partial charge in [0.15, 0.2) is 0 Å². The maximum Gasteiger partial charge on any atom is 0.418 e. The van der Waals surface area contributed by atoms with E-state index in [1.54, 1.807) is 17.0 Å². The highest BCUT2D eigenvalue weighted by atomic mass is 19.4. The Hall–Kier alpha value is -7.89. The fraction of sp³-hybridized carbons (Fsp3) is 0.0175. The molecule has 62 heavy (non-hydrogen) atoms. The number of hydrogen-bond donors (Lipinski definition) is 0. The molecule has 0 aliphatic carbocycles. The second-order valence-electron chi connectivity index (χ2n) is 15.6. The van der Waals surface area contributed by atoms with Gasteiger partial charge in [-0.3, -0.25) is 0 Å². The number of hydrogen-bond acceptors (Lipinski definition) is 1. The molecule has 1 heterocycles. The minimum Gasteiger partial charge on any atom is -0.310 e. The van der Waals surface area contributed by atoms with Gasteiger partial charge in [-0.15, -0.1) is 0 Å². The third-order valence-electron chi connectivity index (χ3n) is 12.0. The van der Waals surface area contributed by atoms with Crippen LogP contribution in [-0.4, -0.2) is 4.57 Å². The van der Waals surface area contributed by atoms with Crippen molar-refractivity contribution in [2.45, 2.75) is 6.18 Å². The zero-order valence-corrected chi connectivity index (χ0v) is 33.4. The second kappa shape index (κ2) is 15.0. The molecule has 11 aromatic rings. The Morgan fingerprint density at radius 1 is 0.339 bits per heavy atom. The van der Waals surface area contributed by atoms with Crippen LogP contribution in [0.4, 0.5) is 30.2 Å². The van der Waals surface area contributed by atoms with Crippen LogP contribution < -0.4 is 4.90 Å². The molecule has 0 amide bonds. The molecule has 1 aromatic heterocycles. The van der Waals surface area contributed by atoms with Crippen LogP contribution in [0.2, 0.25) is 0 Å². The molecule has 2 nitrogen and oxygen atoms in total. The summed E-state index contributed by atoms with van der Waals surface area (Å²) >= 11 is 0. The largest absolute Gasteiger partial charge is 0.418 e. The molecule has 0 bridgehead atoms. The molecule has 11 rings (SSSR count). The molecule has 0 N–H and O–H groups in total. The number of halogens is 3. The lowest BCUT2D eigenvalue weighted by Crippen LogP contribution is -2.16. The maximum absolute atomic E-state index is 14.8. The molecule has 0 saturated heterocycles. The van der Waals surface area contributed by atoms with Crippen molar-refractivity contribution in [3.8, 4) is 39.1 Å². The van der Waals surface area contributed by atoms with Crippen LogP contribution in [0.25, 0.3) is 82.4 Å². The fourth-order valence-corrected chi connectivity index (χ4v) is 9.28. The van der Waals surface area contributed by atoms with Crippen molar-refractivity contribution in [2.75, 3.05) is 4.90 Å². The van der Waals surface area contributed by atoms with Gasteiger partial charge in [-0.1, -0.05) is 158 Å². The molecule has 5 heteroatoms. The van der Waals surface area contributed by atoms with E-state index in [-0.39, 0.29) is 5.69 Å². The number of alkyl halides is 3. The quantitative estimate of drug-likeness (QED) is 0.146. The summed E-state index contributed by atoms with van der Waals surface area (Å²) in [6.07, 6.45) is -4.57. The van der Waals surface area contributed by atoms with Gasteiger partial charge in [-0.05, 0) is 122 Å². The Kier molecular flexibility index (Phi) is 8.97. The Morgan fingerprint density at radius 2 is 0.774 bits per heavy atom. The number of para-hydroxylation sites is 3. The zero-order chi connectivity index (χ0) is 41.8. The molecule has 10 aromatic carbocycles. The number of fused-ring (bicyclic) bond motifs is 5.